The highest BCUT2D eigenvalue weighted by atomic mass is 16.3. The van der Waals surface area contributed by atoms with Crippen molar-refractivity contribution in [2.45, 2.75) is 31.7 Å². The zero-order valence-corrected chi connectivity index (χ0v) is 9.04. The number of carbonyl (C=O) groups is 1. The van der Waals surface area contributed by atoms with Gasteiger partial charge in [-0.05, 0) is 37.6 Å². The number of amides is 1. The van der Waals surface area contributed by atoms with Crippen molar-refractivity contribution in [1.82, 2.24) is 10.6 Å². The summed E-state index contributed by atoms with van der Waals surface area (Å²) in [5.74, 6) is 1.40. The molecule has 1 aliphatic carbocycles. The van der Waals surface area contributed by atoms with Crippen molar-refractivity contribution in [2.75, 3.05) is 19.7 Å². The Kier molecular flexibility index (Phi) is 3.59. The summed E-state index contributed by atoms with van der Waals surface area (Å²) in [5, 5.41) is 14.8. The predicted molar refractivity (Wildman–Crippen MR) is 57.3 cm³/mol. The molecule has 1 amide bonds. The molecule has 2 aliphatic rings. The molecule has 4 nitrogen and oxygen atoms in total. The van der Waals surface area contributed by atoms with Gasteiger partial charge in [-0.15, -0.1) is 0 Å². The first-order valence-corrected chi connectivity index (χ1v) is 5.95. The topological polar surface area (TPSA) is 61.4 Å². The standard InChI is InChI=1S/C11H20N2O2/c14-6-2-5-12-11(15)10-9-4-1-3-8(9)7-13-10/h8-10,13-14H,1-7H2,(H,12,15). The first-order valence-electron chi connectivity index (χ1n) is 5.95. The minimum absolute atomic E-state index is 0.0243. The van der Waals surface area contributed by atoms with Gasteiger partial charge < -0.3 is 15.7 Å². The second kappa shape index (κ2) is 4.94. The van der Waals surface area contributed by atoms with Gasteiger partial charge in [0.2, 0.25) is 5.91 Å². The van der Waals surface area contributed by atoms with Crippen LogP contribution in [0, 0.1) is 11.8 Å². The minimum atomic E-state index is 0.0243. The highest BCUT2D eigenvalue weighted by Crippen LogP contribution is 2.37. The Labute approximate surface area is 90.4 Å². The van der Waals surface area contributed by atoms with Crippen LogP contribution in [0.2, 0.25) is 0 Å². The van der Waals surface area contributed by atoms with E-state index in [4.69, 9.17) is 5.11 Å². The summed E-state index contributed by atoms with van der Waals surface area (Å²) in [5.41, 5.74) is 0. The van der Waals surface area contributed by atoms with Crippen molar-refractivity contribution >= 4 is 5.91 Å². The monoisotopic (exact) mass is 212 g/mol. The molecule has 1 saturated heterocycles. The lowest BCUT2D eigenvalue weighted by Crippen LogP contribution is -2.44. The molecule has 0 aromatic carbocycles. The lowest BCUT2D eigenvalue weighted by atomic mass is 9.93. The molecule has 1 aliphatic heterocycles. The molecule has 1 saturated carbocycles. The van der Waals surface area contributed by atoms with E-state index in [0.29, 0.717) is 18.9 Å². The predicted octanol–water partition coefficient (Wildman–Crippen LogP) is -0.127. The van der Waals surface area contributed by atoms with E-state index in [2.05, 4.69) is 10.6 Å². The molecule has 0 spiro atoms. The maximum atomic E-state index is 11.8. The average Bonchev–Trinajstić information content (AvgIpc) is 2.78. The quantitative estimate of drug-likeness (QED) is 0.569. The van der Waals surface area contributed by atoms with Gasteiger partial charge in [0.1, 0.15) is 0 Å². The zero-order chi connectivity index (χ0) is 10.7. The Morgan fingerprint density at radius 3 is 3.13 bits per heavy atom. The van der Waals surface area contributed by atoms with Crippen molar-refractivity contribution in [1.29, 1.82) is 0 Å². The van der Waals surface area contributed by atoms with E-state index in [1.54, 1.807) is 0 Å². The van der Waals surface area contributed by atoms with Gasteiger partial charge in [-0.25, -0.2) is 0 Å². The van der Waals surface area contributed by atoms with E-state index in [1.165, 1.54) is 19.3 Å². The number of carbonyl (C=O) groups excluding carboxylic acids is 1. The molecule has 0 aromatic heterocycles. The summed E-state index contributed by atoms with van der Waals surface area (Å²) in [6.07, 6.45) is 4.39. The summed E-state index contributed by atoms with van der Waals surface area (Å²) in [6, 6.07) is 0.0243. The molecule has 0 bridgehead atoms. The van der Waals surface area contributed by atoms with Gasteiger partial charge >= 0.3 is 0 Å². The molecule has 2 fully saturated rings. The molecule has 86 valence electrons. The Bertz CT molecular complexity index is 233. The third-order valence-electron chi connectivity index (χ3n) is 3.66. The van der Waals surface area contributed by atoms with Crippen LogP contribution in [0.5, 0.6) is 0 Å². The maximum absolute atomic E-state index is 11.8. The van der Waals surface area contributed by atoms with Gasteiger partial charge in [0.25, 0.3) is 0 Å². The number of fused-ring (bicyclic) bond motifs is 1. The SMILES string of the molecule is O=C(NCCCO)C1NCC2CCCC21. The number of hydrogen-bond donors (Lipinski definition) is 3. The average molecular weight is 212 g/mol. The Balaban J connectivity index is 1.80. The molecular weight excluding hydrogens is 192 g/mol. The fraction of sp³-hybridized carbons (Fsp3) is 0.909. The highest BCUT2D eigenvalue weighted by molar-refractivity contribution is 5.82. The first kappa shape index (κ1) is 10.9. The molecule has 3 N–H and O–H groups in total. The third kappa shape index (κ3) is 2.32. The molecule has 1 heterocycles. The molecule has 0 aromatic rings. The smallest absolute Gasteiger partial charge is 0.237 e. The summed E-state index contributed by atoms with van der Waals surface area (Å²) >= 11 is 0. The van der Waals surface area contributed by atoms with E-state index in [1.807, 2.05) is 0 Å². The summed E-state index contributed by atoms with van der Waals surface area (Å²) in [4.78, 5) is 11.8. The number of nitrogens with one attached hydrogen (secondary N) is 2. The second-order valence-corrected chi connectivity index (χ2v) is 4.61. The Morgan fingerprint density at radius 2 is 2.33 bits per heavy atom. The van der Waals surface area contributed by atoms with Crippen LogP contribution in [0.4, 0.5) is 0 Å². The Hall–Kier alpha value is -0.610. The van der Waals surface area contributed by atoms with Gasteiger partial charge in [-0.2, -0.15) is 0 Å². The van der Waals surface area contributed by atoms with Gasteiger partial charge in [-0.3, -0.25) is 4.79 Å². The molecule has 4 heteroatoms. The summed E-state index contributed by atoms with van der Waals surface area (Å²) < 4.78 is 0. The van der Waals surface area contributed by atoms with Crippen LogP contribution in [-0.2, 0) is 4.79 Å². The first-order chi connectivity index (χ1) is 7.33. The normalized spacial score (nSPS) is 34.1. The van der Waals surface area contributed by atoms with Crippen LogP contribution < -0.4 is 10.6 Å². The number of aliphatic hydroxyl groups is 1. The zero-order valence-electron chi connectivity index (χ0n) is 9.04. The molecule has 3 atom stereocenters. The number of hydrogen-bond acceptors (Lipinski definition) is 3. The van der Waals surface area contributed by atoms with Crippen molar-refractivity contribution in [3.63, 3.8) is 0 Å². The van der Waals surface area contributed by atoms with Crippen molar-refractivity contribution in [3.05, 3.63) is 0 Å². The van der Waals surface area contributed by atoms with Crippen molar-refractivity contribution < 1.29 is 9.90 Å². The largest absolute Gasteiger partial charge is 0.396 e. The summed E-state index contributed by atoms with van der Waals surface area (Å²) in [6.45, 7) is 1.73. The molecule has 15 heavy (non-hydrogen) atoms. The van der Waals surface area contributed by atoms with Crippen LogP contribution in [0.3, 0.4) is 0 Å². The number of aliphatic hydroxyl groups excluding tert-OH is 1. The molecular formula is C11H20N2O2. The van der Waals surface area contributed by atoms with E-state index in [0.717, 1.165) is 12.5 Å². The van der Waals surface area contributed by atoms with E-state index >= 15 is 0 Å². The van der Waals surface area contributed by atoms with Crippen LogP contribution in [0.15, 0.2) is 0 Å². The van der Waals surface area contributed by atoms with E-state index in [-0.39, 0.29) is 18.6 Å². The van der Waals surface area contributed by atoms with Gasteiger partial charge in [0, 0.05) is 13.2 Å². The van der Waals surface area contributed by atoms with Gasteiger partial charge in [0.15, 0.2) is 0 Å². The van der Waals surface area contributed by atoms with E-state index in [9.17, 15) is 4.79 Å². The second-order valence-electron chi connectivity index (χ2n) is 4.61. The van der Waals surface area contributed by atoms with Crippen LogP contribution in [0.25, 0.3) is 0 Å². The fourth-order valence-corrected chi connectivity index (χ4v) is 2.88. The molecule has 2 rings (SSSR count). The van der Waals surface area contributed by atoms with Crippen LogP contribution in [0.1, 0.15) is 25.7 Å². The molecule has 3 unspecified atom stereocenters. The van der Waals surface area contributed by atoms with Crippen molar-refractivity contribution in [2.24, 2.45) is 11.8 Å². The highest BCUT2D eigenvalue weighted by Gasteiger charge is 2.42. The fourth-order valence-electron chi connectivity index (χ4n) is 2.88. The lowest BCUT2D eigenvalue weighted by Gasteiger charge is -2.17. The van der Waals surface area contributed by atoms with E-state index < -0.39 is 0 Å². The number of rotatable bonds is 4. The van der Waals surface area contributed by atoms with Crippen LogP contribution in [-0.4, -0.2) is 36.8 Å². The summed E-state index contributed by atoms with van der Waals surface area (Å²) in [7, 11) is 0. The van der Waals surface area contributed by atoms with Crippen LogP contribution >= 0.6 is 0 Å². The van der Waals surface area contributed by atoms with Gasteiger partial charge in [0.05, 0.1) is 6.04 Å². The maximum Gasteiger partial charge on any atom is 0.237 e. The lowest BCUT2D eigenvalue weighted by molar-refractivity contribution is -0.123. The van der Waals surface area contributed by atoms with Gasteiger partial charge in [-0.1, -0.05) is 6.42 Å². The third-order valence-corrected chi connectivity index (χ3v) is 3.66. The molecule has 0 radical (unpaired) electrons. The minimum Gasteiger partial charge on any atom is -0.396 e. The Morgan fingerprint density at radius 1 is 1.47 bits per heavy atom. The van der Waals surface area contributed by atoms with Crippen molar-refractivity contribution in [3.8, 4) is 0 Å².